The van der Waals surface area contributed by atoms with Gasteiger partial charge in [0.25, 0.3) is 0 Å². The quantitative estimate of drug-likeness (QED) is 0.187. The molecule has 11 nitrogen and oxygen atoms in total. The van der Waals surface area contributed by atoms with Gasteiger partial charge in [0.15, 0.2) is 0 Å². The molecule has 0 fully saturated rings. The number of aromatic amines is 1. The molecule has 0 saturated carbocycles. The lowest BCUT2D eigenvalue weighted by Gasteiger charge is -2.27. The fourth-order valence-corrected chi connectivity index (χ4v) is 3.89. The van der Waals surface area contributed by atoms with Crippen molar-refractivity contribution in [3.05, 3.63) is 18.2 Å². The molecule has 1 heterocycles. The van der Waals surface area contributed by atoms with Gasteiger partial charge in [-0.15, -0.1) is 0 Å². The molecule has 5 unspecified atom stereocenters. The summed E-state index contributed by atoms with van der Waals surface area (Å²) in [6, 6.07) is -3.79. The van der Waals surface area contributed by atoms with Crippen LogP contribution >= 0.6 is 11.8 Å². The van der Waals surface area contributed by atoms with Crippen molar-refractivity contribution in [2.45, 2.75) is 77.5 Å². The molecule has 0 aliphatic heterocycles. The van der Waals surface area contributed by atoms with Gasteiger partial charge >= 0.3 is 5.97 Å². The number of H-pyrrole nitrogens is 1. The number of nitrogens with zero attached hydrogens (tertiary/aromatic N) is 1. The van der Waals surface area contributed by atoms with Crippen molar-refractivity contribution in [2.24, 2.45) is 17.6 Å². The maximum atomic E-state index is 13.2. The first-order chi connectivity index (χ1) is 16.5. The van der Waals surface area contributed by atoms with Crippen LogP contribution in [0.2, 0.25) is 0 Å². The Morgan fingerprint density at radius 1 is 1.09 bits per heavy atom. The zero-order valence-electron chi connectivity index (χ0n) is 21.2. The Balaban J connectivity index is 2.94. The molecule has 0 aliphatic rings. The number of carboxylic acids is 1. The van der Waals surface area contributed by atoms with E-state index in [9.17, 15) is 24.3 Å². The molecular formula is C23H40N6O5S. The number of nitrogens with one attached hydrogen (secondary N) is 4. The number of carbonyl (C=O) groups excluding carboxylic acids is 3. The largest absolute Gasteiger partial charge is 0.480 e. The molecule has 1 aromatic heterocycles. The zero-order valence-corrected chi connectivity index (χ0v) is 22.0. The lowest BCUT2D eigenvalue weighted by molar-refractivity contribution is -0.143. The molecule has 5 atom stereocenters. The maximum Gasteiger partial charge on any atom is 0.326 e. The second kappa shape index (κ2) is 15.4. The monoisotopic (exact) mass is 512 g/mol. The Kier molecular flexibility index (Phi) is 13.4. The standard InChI is InChI=1S/C23H40N6O5S/c1-6-14(4)19(23(33)34)29-21(31)17(7-8-35-5)27-22(32)18(9-13(2)3)28-20(30)16(24)10-15-11-25-12-26-15/h11-14,16-19H,6-10,24H2,1-5H3,(H,25,26)(H,27,32)(H,28,30)(H,29,31)(H,33,34). The fraction of sp³-hybridized carbons (Fsp3) is 0.696. The van der Waals surface area contributed by atoms with Crippen LogP contribution in [0.5, 0.6) is 0 Å². The normalized spacial score (nSPS) is 15.5. The Bertz CT molecular complexity index is 819. The number of thioether (sulfide) groups is 1. The van der Waals surface area contributed by atoms with Gasteiger partial charge in [-0.25, -0.2) is 9.78 Å². The summed E-state index contributed by atoms with van der Waals surface area (Å²) in [4.78, 5) is 57.2. The summed E-state index contributed by atoms with van der Waals surface area (Å²) in [6.45, 7) is 7.42. The Hall–Kier alpha value is -2.60. The SMILES string of the molecule is CCC(C)C(NC(=O)C(CCSC)NC(=O)C(CC(C)C)NC(=O)C(N)Cc1cnc[nH]1)C(=O)O. The van der Waals surface area contributed by atoms with Gasteiger partial charge in [0.05, 0.1) is 12.4 Å². The maximum absolute atomic E-state index is 13.2. The first-order valence-electron chi connectivity index (χ1n) is 11.9. The highest BCUT2D eigenvalue weighted by Crippen LogP contribution is 2.11. The van der Waals surface area contributed by atoms with Gasteiger partial charge < -0.3 is 31.8 Å². The van der Waals surface area contributed by atoms with E-state index in [4.69, 9.17) is 5.73 Å². The van der Waals surface area contributed by atoms with Crippen molar-refractivity contribution in [3.63, 3.8) is 0 Å². The molecule has 12 heteroatoms. The zero-order chi connectivity index (χ0) is 26.5. The molecule has 35 heavy (non-hydrogen) atoms. The van der Waals surface area contributed by atoms with E-state index in [1.165, 1.54) is 18.1 Å². The van der Waals surface area contributed by atoms with Crippen molar-refractivity contribution in [3.8, 4) is 0 Å². The van der Waals surface area contributed by atoms with Gasteiger partial charge in [0, 0.05) is 18.3 Å². The molecule has 0 bridgehead atoms. The van der Waals surface area contributed by atoms with Gasteiger partial charge in [-0.2, -0.15) is 11.8 Å². The average molecular weight is 513 g/mol. The number of hydrogen-bond acceptors (Lipinski definition) is 7. The van der Waals surface area contributed by atoms with E-state index in [2.05, 4.69) is 25.9 Å². The van der Waals surface area contributed by atoms with Gasteiger partial charge in [-0.05, 0) is 36.7 Å². The van der Waals surface area contributed by atoms with Crippen LogP contribution in [-0.2, 0) is 25.6 Å². The molecular weight excluding hydrogens is 472 g/mol. The summed E-state index contributed by atoms with van der Waals surface area (Å²) in [5.41, 5.74) is 6.71. The van der Waals surface area contributed by atoms with E-state index in [1.54, 1.807) is 13.1 Å². The van der Waals surface area contributed by atoms with Crippen LogP contribution in [0.3, 0.4) is 0 Å². The molecule has 0 aromatic carbocycles. The number of carboxylic acid groups (broad SMARTS) is 1. The highest BCUT2D eigenvalue weighted by atomic mass is 32.2. The highest BCUT2D eigenvalue weighted by Gasteiger charge is 2.32. The molecule has 3 amide bonds. The number of nitrogens with two attached hydrogens (primary N) is 1. The smallest absolute Gasteiger partial charge is 0.326 e. The van der Waals surface area contributed by atoms with E-state index in [0.717, 1.165) is 0 Å². The minimum atomic E-state index is -1.13. The number of imidazole rings is 1. The second-order valence-electron chi connectivity index (χ2n) is 9.13. The number of hydrogen-bond donors (Lipinski definition) is 6. The van der Waals surface area contributed by atoms with Crippen LogP contribution in [0.15, 0.2) is 12.5 Å². The molecule has 7 N–H and O–H groups in total. The second-order valence-corrected chi connectivity index (χ2v) is 10.1. The third-order valence-electron chi connectivity index (χ3n) is 5.69. The predicted molar refractivity (Wildman–Crippen MR) is 136 cm³/mol. The third-order valence-corrected chi connectivity index (χ3v) is 6.34. The molecule has 0 radical (unpaired) electrons. The van der Waals surface area contributed by atoms with E-state index in [-0.39, 0.29) is 18.3 Å². The topological polar surface area (TPSA) is 179 Å². The van der Waals surface area contributed by atoms with Crippen molar-refractivity contribution in [1.82, 2.24) is 25.9 Å². The van der Waals surface area contributed by atoms with E-state index in [1.807, 2.05) is 27.0 Å². The predicted octanol–water partition coefficient (Wildman–Crippen LogP) is 0.664. The summed E-state index contributed by atoms with van der Waals surface area (Å²) >= 11 is 1.50. The van der Waals surface area contributed by atoms with Gasteiger partial charge in [0.1, 0.15) is 18.1 Å². The van der Waals surface area contributed by atoms with E-state index >= 15 is 0 Å². The lowest BCUT2D eigenvalue weighted by atomic mass is 9.98. The van der Waals surface area contributed by atoms with Gasteiger partial charge in [-0.1, -0.05) is 34.1 Å². The highest BCUT2D eigenvalue weighted by molar-refractivity contribution is 7.98. The Morgan fingerprint density at radius 2 is 1.71 bits per heavy atom. The summed E-state index contributed by atoms with van der Waals surface area (Å²) < 4.78 is 0. The first-order valence-corrected chi connectivity index (χ1v) is 13.2. The summed E-state index contributed by atoms with van der Waals surface area (Å²) in [7, 11) is 0. The minimum Gasteiger partial charge on any atom is -0.480 e. The van der Waals surface area contributed by atoms with Crippen molar-refractivity contribution in [2.75, 3.05) is 12.0 Å². The molecule has 198 valence electrons. The van der Waals surface area contributed by atoms with Crippen LogP contribution in [0.25, 0.3) is 0 Å². The summed E-state index contributed by atoms with van der Waals surface area (Å²) in [5.74, 6) is -2.32. The number of carbonyl (C=O) groups is 4. The van der Waals surface area contributed by atoms with E-state index in [0.29, 0.717) is 30.7 Å². The Morgan fingerprint density at radius 3 is 2.23 bits per heavy atom. The minimum absolute atomic E-state index is 0.0788. The van der Waals surface area contributed by atoms with Crippen LogP contribution in [0.4, 0.5) is 0 Å². The van der Waals surface area contributed by atoms with Gasteiger partial charge in [-0.3, -0.25) is 14.4 Å². The molecule has 0 spiro atoms. The first kappa shape index (κ1) is 30.4. The molecule has 0 aliphatic carbocycles. The third kappa shape index (κ3) is 10.7. The van der Waals surface area contributed by atoms with Crippen LogP contribution < -0.4 is 21.7 Å². The lowest BCUT2D eigenvalue weighted by Crippen LogP contribution is -2.58. The molecule has 0 saturated heterocycles. The fourth-order valence-electron chi connectivity index (χ4n) is 3.42. The van der Waals surface area contributed by atoms with Crippen LogP contribution in [-0.4, -0.2) is 74.9 Å². The number of aliphatic carboxylic acids is 1. The number of aromatic nitrogens is 2. The van der Waals surface area contributed by atoms with Crippen LogP contribution in [0, 0.1) is 11.8 Å². The van der Waals surface area contributed by atoms with Gasteiger partial charge in [0.2, 0.25) is 17.7 Å². The summed E-state index contributed by atoms with van der Waals surface area (Å²) in [5, 5.41) is 17.5. The molecule has 1 rings (SSSR count). The van der Waals surface area contributed by atoms with Crippen LogP contribution in [0.1, 0.15) is 52.7 Å². The average Bonchev–Trinajstić information content (AvgIpc) is 3.31. The van der Waals surface area contributed by atoms with Crippen molar-refractivity contribution in [1.29, 1.82) is 0 Å². The van der Waals surface area contributed by atoms with Crippen molar-refractivity contribution < 1.29 is 24.3 Å². The number of rotatable bonds is 16. The molecule has 1 aromatic rings. The van der Waals surface area contributed by atoms with Crippen molar-refractivity contribution >= 4 is 35.5 Å². The Labute approximate surface area is 211 Å². The summed E-state index contributed by atoms with van der Waals surface area (Å²) in [6.07, 6.45) is 6.39. The number of amides is 3. The van der Waals surface area contributed by atoms with E-state index < -0.39 is 47.9 Å².